The monoisotopic (exact) mass is 357 g/mol. The van der Waals surface area contributed by atoms with Gasteiger partial charge in [0.1, 0.15) is 18.0 Å². The van der Waals surface area contributed by atoms with Crippen LogP contribution >= 0.6 is 0 Å². The van der Waals surface area contributed by atoms with Gasteiger partial charge in [0.2, 0.25) is 5.91 Å². The molecule has 6 heteroatoms. The molecule has 1 aliphatic rings. The molecule has 1 atom stereocenters. The van der Waals surface area contributed by atoms with E-state index in [0.717, 1.165) is 29.1 Å². The van der Waals surface area contributed by atoms with Crippen LogP contribution < -0.4 is 4.74 Å². The van der Waals surface area contributed by atoms with Gasteiger partial charge in [-0.2, -0.15) is 5.10 Å². The molecule has 1 fully saturated rings. The Labute approximate surface area is 154 Å². The third-order valence-electron chi connectivity index (χ3n) is 5.15. The SMILES string of the molecule is Cc1nn(C)c(C)c1CC(=O)N1CCCC(O)(COc2ccccc2)C1. The Morgan fingerprint density at radius 3 is 2.69 bits per heavy atom. The lowest BCUT2D eigenvalue weighted by molar-refractivity contribution is -0.139. The summed E-state index contributed by atoms with van der Waals surface area (Å²) in [7, 11) is 1.89. The fourth-order valence-corrected chi connectivity index (χ4v) is 3.51. The highest BCUT2D eigenvalue weighted by Gasteiger charge is 2.36. The molecule has 0 radical (unpaired) electrons. The van der Waals surface area contributed by atoms with Crippen molar-refractivity contribution in [2.45, 2.75) is 38.7 Å². The Bertz CT molecular complexity index is 772. The molecule has 1 aromatic heterocycles. The van der Waals surface area contributed by atoms with E-state index in [4.69, 9.17) is 4.74 Å². The molecular weight excluding hydrogens is 330 g/mol. The Hall–Kier alpha value is -2.34. The number of hydrogen-bond acceptors (Lipinski definition) is 4. The molecule has 1 unspecified atom stereocenters. The average molecular weight is 357 g/mol. The van der Waals surface area contributed by atoms with Crippen molar-refractivity contribution in [2.24, 2.45) is 7.05 Å². The smallest absolute Gasteiger partial charge is 0.227 e. The molecule has 3 rings (SSSR count). The van der Waals surface area contributed by atoms with Crippen LogP contribution in [-0.2, 0) is 18.3 Å². The largest absolute Gasteiger partial charge is 0.491 e. The van der Waals surface area contributed by atoms with Gasteiger partial charge in [0.15, 0.2) is 0 Å². The number of carbonyl (C=O) groups is 1. The summed E-state index contributed by atoms with van der Waals surface area (Å²) in [5.74, 6) is 0.757. The van der Waals surface area contributed by atoms with Crippen molar-refractivity contribution in [1.29, 1.82) is 0 Å². The number of amides is 1. The lowest BCUT2D eigenvalue weighted by atomic mass is 9.93. The van der Waals surface area contributed by atoms with Crippen LogP contribution in [0.4, 0.5) is 0 Å². The predicted molar refractivity (Wildman–Crippen MR) is 99.1 cm³/mol. The molecular formula is C20H27N3O3. The Morgan fingerprint density at radius 1 is 1.31 bits per heavy atom. The van der Waals surface area contributed by atoms with E-state index in [9.17, 15) is 9.90 Å². The maximum Gasteiger partial charge on any atom is 0.227 e. The zero-order valence-corrected chi connectivity index (χ0v) is 15.7. The van der Waals surface area contributed by atoms with Crippen molar-refractivity contribution in [3.63, 3.8) is 0 Å². The number of likely N-dealkylation sites (tertiary alicyclic amines) is 1. The van der Waals surface area contributed by atoms with Gasteiger partial charge in [-0.3, -0.25) is 9.48 Å². The Balaban J connectivity index is 1.62. The van der Waals surface area contributed by atoms with Gasteiger partial charge in [-0.05, 0) is 38.8 Å². The third kappa shape index (κ3) is 4.07. The van der Waals surface area contributed by atoms with E-state index in [0.29, 0.717) is 25.9 Å². The molecule has 1 saturated heterocycles. The lowest BCUT2D eigenvalue weighted by Gasteiger charge is -2.39. The summed E-state index contributed by atoms with van der Waals surface area (Å²) in [5.41, 5.74) is 1.86. The average Bonchev–Trinajstić information content (AvgIpc) is 2.87. The molecule has 1 aliphatic heterocycles. The minimum atomic E-state index is -1.01. The van der Waals surface area contributed by atoms with E-state index in [2.05, 4.69) is 5.10 Å². The number of aliphatic hydroxyl groups is 1. The summed E-state index contributed by atoms with van der Waals surface area (Å²) in [4.78, 5) is 14.5. The molecule has 1 N–H and O–H groups in total. The zero-order valence-electron chi connectivity index (χ0n) is 15.7. The summed E-state index contributed by atoms with van der Waals surface area (Å²) in [6.45, 7) is 5.06. The van der Waals surface area contributed by atoms with Crippen LogP contribution in [0.2, 0.25) is 0 Å². The molecule has 2 heterocycles. The number of nitrogens with zero attached hydrogens (tertiary/aromatic N) is 3. The molecule has 0 bridgehead atoms. The highest BCUT2D eigenvalue weighted by Crippen LogP contribution is 2.24. The van der Waals surface area contributed by atoms with Gasteiger partial charge in [-0.25, -0.2) is 0 Å². The molecule has 0 spiro atoms. The molecule has 26 heavy (non-hydrogen) atoms. The fraction of sp³-hybridized carbons (Fsp3) is 0.500. The number of piperidine rings is 1. The van der Waals surface area contributed by atoms with Crippen LogP contribution in [0.5, 0.6) is 5.75 Å². The number of para-hydroxylation sites is 1. The van der Waals surface area contributed by atoms with Gasteiger partial charge >= 0.3 is 0 Å². The number of benzene rings is 1. The third-order valence-corrected chi connectivity index (χ3v) is 5.15. The molecule has 2 aromatic rings. The maximum absolute atomic E-state index is 12.8. The van der Waals surface area contributed by atoms with Crippen LogP contribution in [0.15, 0.2) is 30.3 Å². The van der Waals surface area contributed by atoms with E-state index in [1.807, 2.05) is 51.2 Å². The highest BCUT2D eigenvalue weighted by molar-refractivity contribution is 5.79. The highest BCUT2D eigenvalue weighted by atomic mass is 16.5. The van der Waals surface area contributed by atoms with Crippen molar-refractivity contribution >= 4 is 5.91 Å². The van der Waals surface area contributed by atoms with Gasteiger partial charge in [0, 0.05) is 24.8 Å². The second-order valence-electron chi connectivity index (χ2n) is 7.19. The molecule has 1 amide bonds. The quantitative estimate of drug-likeness (QED) is 0.889. The van der Waals surface area contributed by atoms with Crippen LogP contribution in [0.3, 0.4) is 0 Å². The summed E-state index contributed by atoms with van der Waals surface area (Å²) >= 11 is 0. The van der Waals surface area contributed by atoms with E-state index >= 15 is 0 Å². The molecule has 0 saturated carbocycles. The number of aromatic nitrogens is 2. The van der Waals surface area contributed by atoms with Crippen molar-refractivity contribution < 1.29 is 14.6 Å². The number of carbonyl (C=O) groups excluding carboxylic acids is 1. The van der Waals surface area contributed by atoms with Crippen molar-refractivity contribution in [2.75, 3.05) is 19.7 Å². The number of hydrogen-bond donors (Lipinski definition) is 1. The van der Waals surface area contributed by atoms with E-state index in [-0.39, 0.29) is 12.5 Å². The van der Waals surface area contributed by atoms with Crippen LogP contribution in [-0.4, -0.2) is 51.0 Å². The minimum Gasteiger partial charge on any atom is -0.491 e. The van der Waals surface area contributed by atoms with E-state index in [1.165, 1.54) is 0 Å². The first-order chi connectivity index (χ1) is 12.4. The van der Waals surface area contributed by atoms with E-state index < -0.39 is 5.60 Å². The predicted octanol–water partition coefficient (Wildman–Crippen LogP) is 2.01. The van der Waals surface area contributed by atoms with Crippen LogP contribution in [0.25, 0.3) is 0 Å². The summed E-state index contributed by atoms with van der Waals surface area (Å²) < 4.78 is 7.54. The normalized spacial score (nSPS) is 20.2. The molecule has 1 aromatic carbocycles. The molecule has 6 nitrogen and oxygen atoms in total. The Kier molecular flexibility index (Phi) is 5.32. The van der Waals surface area contributed by atoms with Gasteiger partial charge < -0.3 is 14.7 Å². The summed E-state index contributed by atoms with van der Waals surface area (Å²) in [5, 5.41) is 15.3. The first kappa shape index (κ1) is 18.5. The van der Waals surface area contributed by atoms with Crippen LogP contribution in [0.1, 0.15) is 29.8 Å². The number of β-amino-alcohol motifs (C(OH)–C–C–N with tert-alkyl or cyclic N) is 1. The summed E-state index contributed by atoms with van der Waals surface area (Å²) in [6.07, 6.45) is 1.72. The van der Waals surface area contributed by atoms with Crippen molar-refractivity contribution in [3.05, 3.63) is 47.3 Å². The van der Waals surface area contributed by atoms with Crippen molar-refractivity contribution in [3.8, 4) is 5.75 Å². The maximum atomic E-state index is 12.8. The standard InChI is InChI=1S/C20H27N3O3/c1-15-18(16(2)22(3)21-15)12-19(24)23-11-7-10-20(25,13-23)14-26-17-8-5-4-6-9-17/h4-6,8-9,25H,7,10-14H2,1-3H3. The molecule has 140 valence electrons. The van der Waals surface area contributed by atoms with Gasteiger partial charge in [0.05, 0.1) is 18.7 Å². The molecule has 0 aliphatic carbocycles. The Morgan fingerprint density at radius 2 is 2.04 bits per heavy atom. The van der Waals surface area contributed by atoms with Crippen LogP contribution in [0, 0.1) is 13.8 Å². The minimum absolute atomic E-state index is 0.0297. The lowest BCUT2D eigenvalue weighted by Crippen LogP contribution is -2.53. The van der Waals surface area contributed by atoms with Gasteiger partial charge in [-0.15, -0.1) is 0 Å². The topological polar surface area (TPSA) is 67.6 Å². The second-order valence-corrected chi connectivity index (χ2v) is 7.19. The number of rotatable bonds is 5. The van der Waals surface area contributed by atoms with Gasteiger partial charge in [0.25, 0.3) is 0 Å². The number of aryl methyl sites for hydroxylation is 2. The first-order valence-corrected chi connectivity index (χ1v) is 9.05. The first-order valence-electron chi connectivity index (χ1n) is 9.05. The second kappa shape index (κ2) is 7.50. The van der Waals surface area contributed by atoms with Gasteiger partial charge in [-0.1, -0.05) is 18.2 Å². The zero-order chi connectivity index (χ0) is 18.7. The van der Waals surface area contributed by atoms with Crippen molar-refractivity contribution in [1.82, 2.24) is 14.7 Å². The van der Waals surface area contributed by atoms with E-state index in [1.54, 1.807) is 9.58 Å². The summed E-state index contributed by atoms with van der Waals surface area (Å²) in [6, 6.07) is 9.44. The fourth-order valence-electron chi connectivity index (χ4n) is 3.51. The number of ether oxygens (including phenoxy) is 1.